The van der Waals surface area contributed by atoms with Crippen LogP contribution in [0.4, 0.5) is 5.69 Å². The van der Waals surface area contributed by atoms with E-state index in [1.807, 2.05) is 25.1 Å². The lowest BCUT2D eigenvalue weighted by Crippen LogP contribution is -2.52. The van der Waals surface area contributed by atoms with Crippen molar-refractivity contribution in [2.75, 3.05) is 31.5 Å². The average molecular weight is 383 g/mol. The Hall–Kier alpha value is -2.39. The van der Waals surface area contributed by atoms with Crippen molar-refractivity contribution >= 4 is 23.2 Å². The third-order valence-electron chi connectivity index (χ3n) is 4.89. The van der Waals surface area contributed by atoms with Crippen molar-refractivity contribution in [1.29, 1.82) is 5.26 Å². The molecule has 27 heavy (non-hydrogen) atoms. The molecule has 140 valence electrons. The van der Waals surface area contributed by atoms with Crippen molar-refractivity contribution in [1.82, 2.24) is 9.80 Å². The summed E-state index contributed by atoms with van der Waals surface area (Å²) in [4.78, 5) is 17.1. The second-order valence-corrected chi connectivity index (χ2v) is 7.24. The molecule has 1 heterocycles. The number of hydrogen-bond donors (Lipinski definition) is 1. The van der Waals surface area contributed by atoms with Crippen LogP contribution >= 0.6 is 11.6 Å². The van der Waals surface area contributed by atoms with Gasteiger partial charge in [0, 0.05) is 43.4 Å². The van der Waals surface area contributed by atoms with Crippen LogP contribution in [0.3, 0.4) is 0 Å². The van der Waals surface area contributed by atoms with Gasteiger partial charge in [-0.25, -0.2) is 0 Å². The number of piperazine rings is 1. The minimum atomic E-state index is -0.218. The summed E-state index contributed by atoms with van der Waals surface area (Å²) in [6, 6.07) is 16.8. The number of benzene rings is 2. The Morgan fingerprint density at radius 1 is 1.19 bits per heavy atom. The van der Waals surface area contributed by atoms with Gasteiger partial charge >= 0.3 is 0 Å². The first-order chi connectivity index (χ1) is 13.0. The number of carbonyl (C=O) groups is 1. The molecule has 1 saturated heterocycles. The Balaban J connectivity index is 1.51. The van der Waals surface area contributed by atoms with E-state index >= 15 is 0 Å². The number of nitrogens with zero attached hydrogens (tertiary/aromatic N) is 3. The van der Waals surface area contributed by atoms with Crippen LogP contribution in [0.2, 0.25) is 5.02 Å². The number of nitriles is 1. The van der Waals surface area contributed by atoms with E-state index in [2.05, 4.69) is 27.3 Å². The topological polar surface area (TPSA) is 59.4 Å². The summed E-state index contributed by atoms with van der Waals surface area (Å²) in [7, 11) is 0. The highest BCUT2D eigenvalue weighted by Crippen LogP contribution is 2.16. The molecular weight excluding hydrogens is 360 g/mol. The summed E-state index contributed by atoms with van der Waals surface area (Å²) in [6.07, 6.45) is 0. The largest absolute Gasteiger partial charge is 0.325 e. The van der Waals surface area contributed by atoms with E-state index in [-0.39, 0.29) is 11.9 Å². The van der Waals surface area contributed by atoms with Gasteiger partial charge in [-0.1, -0.05) is 29.8 Å². The van der Waals surface area contributed by atoms with Gasteiger partial charge in [0.05, 0.1) is 17.7 Å². The van der Waals surface area contributed by atoms with Crippen molar-refractivity contribution in [3.05, 3.63) is 64.7 Å². The first-order valence-electron chi connectivity index (χ1n) is 9.07. The number of amides is 1. The van der Waals surface area contributed by atoms with Gasteiger partial charge in [-0.2, -0.15) is 5.26 Å². The number of carbonyl (C=O) groups excluding carboxylic acids is 1. The van der Waals surface area contributed by atoms with Crippen LogP contribution in [0.25, 0.3) is 0 Å². The zero-order valence-corrected chi connectivity index (χ0v) is 16.1. The molecule has 1 unspecified atom stereocenters. The zero-order chi connectivity index (χ0) is 19.2. The van der Waals surface area contributed by atoms with E-state index in [4.69, 9.17) is 16.9 Å². The van der Waals surface area contributed by atoms with Crippen LogP contribution in [0, 0.1) is 11.3 Å². The fraction of sp³-hybridized carbons (Fsp3) is 0.333. The first-order valence-corrected chi connectivity index (χ1v) is 9.45. The summed E-state index contributed by atoms with van der Waals surface area (Å²) in [5, 5.41) is 12.6. The minimum Gasteiger partial charge on any atom is -0.325 e. The van der Waals surface area contributed by atoms with E-state index < -0.39 is 0 Å². The predicted molar refractivity (Wildman–Crippen MR) is 108 cm³/mol. The third-order valence-corrected chi connectivity index (χ3v) is 5.12. The summed E-state index contributed by atoms with van der Waals surface area (Å²) < 4.78 is 0. The van der Waals surface area contributed by atoms with E-state index in [1.165, 1.54) is 5.56 Å². The zero-order valence-electron chi connectivity index (χ0n) is 15.4. The lowest BCUT2D eigenvalue weighted by molar-refractivity contribution is -0.121. The normalized spacial score (nSPS) is 16.5. The summed E-state index contributed by atoms with van der Waals surface area (Å²) in [5.74, 6) is -0.0478. The maximum atomic E-state index is 12.6. The van der Waals surface area contributed by atoms with Gasteiger partial charge in [0.1, 0.15) is 0 Å². The van der Waals surface area contributed by atoms with Crippen molar-refractivity contribution in [3.8, 4) is 6.07 Å². The Labute approximate surface area is 165 Å². The van der Waals surface area contributed by atoms with Gasteiger partial charge in [-0.05, 0) is 42.8 Å². The molecule has 3 rings (SSSR count). The molecule has 1 fully saturated rings. The fourth-order valence-corrected chi connectivity index (χ4v) is 3.49. The number of halogens is 1. The van der Waals surface area contributed by atoms with Crippen LogP contribution in [-0.2, 0) is 11.3 Å². The monoisotopic (exact) mass is 382 g/mol. The maximum absolute atomic E-state index is 12.6. The van der Waals surface area contributed by atoms with E-state index in [0.717, 1.165) is 37.7 Å². The molecule has 0 saturated carbocycles. The molecule has 2 aromatic carbocycles. The highest BCUT2D eigenvalue weighted by atomic mass is 35.5. The number of rotatable bonds is 5. The molecule has 1 amide bonds. The van der Waals surface area contributed by atoms with Crippen molar-refractivity contribution in [2.24, 2.45) is 0 Å². The Morgan fingerprint density at radius 3 is 2.63 bits per heavy atom. The summed E-state index contributed by atoms with van der Waals surface area (Å²) in [5.41, 5.74) is 2.40. The van der Waals surface area contributed by atoms with Crippen molar-refractivity contribution in [2.45, 2.75) is 19.5 Å². The molecule has 6 heteroatoms. The number of nitrogens with one attached hydrogen (secondary N) is 1. The average Bonchev–Trinajstić information content (AvgIpc) is 2.68. The lowest BCUT2D eigenvalue weighted by atomic mass is 10.1. The third kappa shape index (κ3) is 5.30. The van der Waals surface area contributed by atoms with Crippen LogP contribution < -0.4 is 5.32 Å². The molecule has 1 aliphatic rings. The molecular formula is C21H23ClN4O. The Morgan fingerprint density at radius 2 is 1.93 bits per heavy atom. The van der Waals surface area contributed by atoms with Gasteiger partial charge < -0.3 is 5.32 Å². The number of anilines is 1. The lowest BCUT2D eigenvalue weighted by Gasteiger charge is -2.37. The summed E-state index contributed by atoms with van der Waals surface area (Å²) >= 11 is 6.06. The predicted octanol–water partition coefficient (Wildman–Crippen LogP) is 3.36. The quantitative estimate of drug-likeness (QED) is 0.861. The van der Waals surface area contributed by atoms with Gasteiger partial charge in [0.2, 0.25) is 5.91 Å². The molecule has 1 aliphatic heterocycles. The molecule has 0 aromatic heterocycles. The van der Waals surface area contributed by atoms with Gasteiger partial charge in [-0.3, -0.25) is 14.6 Å². The van der Waals surface area contributed by atoms with E-state index in [9.17, 15) is 4.79 Å². The molecule has 5 nitrogen and oxygen atoms in total. The minimum absolute atomic E-state index is 0.0478. The van der Waals surface area contributed by atoms with Crippen molar-refractivity contribution in [3.63, 3.8) is 0 Å². The van der Waals surface area contributed by atoms with Crippen LogP contribution in [0.1, 0.15) is 18.1 Å². The van der Waals surface area contributed by atoms with E-state index in [0.29, 0.717) is 11.3 Å². The van der Waals surface area contributed by atoms with Gasteiger partial charge in [0.25, 0.3) is 0 Å². The molecule has 1 atom stereocenters. The van der Waals surface area contributed by atoms with Crippen LogP contribution in [-0.4, -0.2) is 47.9 Å². The highest BCUT2D eigenvalue weighted by molar-refractivity contribution is 6.30. The second-order valence-electron chi connectivity index (χ2n) is 6.80. The van der Waals surface area contributed by atoms with E-state index in [1.54, 1.807) is 24.3 Å². The van der Waals surface area contributed by atoms with Gasteiger partial charge in [-0.15, -0.1) is 0 Å². The van der Waals surface area contributed by atoms with Crippen LogP contribution in [0.15, 0.2) is 48.5 Å². The Bertz CT molecular complexity index is 840. The smallest absolute Gasteiger partial charge is 0.241 e. The standard InChI is InChI=1S/C21H23ClN4O/c1-16(21(27)24-20-7-3-4-17(13-20)14-23)26-10-8-25(9-11-26)15-18-5-2-6-19(22)12-18/h2-7,12-13,16H,8-11,15H2,1H3,(H,24,27). The molecule has 0 bridgehead atoms. The highest BCUT2D eigenvalue weighted by Gasteiger charge is 2.25. The SMILES string of the molecule is CC(C(=O)Nc1cccc(C#N)c1)N1CCN(Cc2cccc(Cl)c2)CC1. The fourth-order valence-electron chi connectivity index (χ4n) is 3.28. The van der Waals surface area contributed by atoms with Crippen LogP contribution in [0.5, 0.6) is 0 Å². The first kappa shape index (κ1) is 19.4. The molecule has 0 aliphatic carbocycles. The molecule has 1 N–H and O–H groups in total. The molecule has 0 radical (unpaired) electrons. The molecule has 2 aromatic rings. The van der Waals surface area contributed by atoms with Gasteiger partial charge in [0.15, 0.2) is 0 Å². The number of hydrogen-bond acceptors (Lipinski definition) is 4. The maximum Gasteiger partial charge on any atom is 0.241 e. The summed E-state index contributed by atoms with van der Waals surface area (Å²) in [6.45, 7) is 6.30. The molecule has 0 spiro atoms. The van der Waals surface area contributed by atoms with Crippen molar-refractivity contribution < 1.29 is 4.79 Å². The Kier molecular flexibility index (Phi) is 6.46. The second kappa shape index (κ2) is 9.01.